The van der Waals surface area contributed by atoms with Gasteiger partial charge in [-0.25, -0.2) is 9.18 Å². The summed E-state index contributed by atoms with van der Waals surface area (Å²) in [6, 6.07) is 2.60. The van der Waals surface area contributed by atoms with Crippen molar-refractivity contribution >= 4 is 23.5 Å². The van der Waals surface area contributed by atoms with Crippen LogP contribution in [0.1, 0.15) is 54.9 Å². The van der Waals surface area contributed by atoms with E-state index in [4.69, 9.17) is 0 Å². The molecular formula is C18H21FN2O4. The summed E-state index contributed by atoms with van der Waals surface area (Å²) in [4.78, 5) is 37.6. The van der Waals surface area contributed by atoms with Gasteiger partial charge in [-0.3, -0.25) is 9.59 Å². The van der Waals surface area contributed by atoms with Gasteiger partial charge in [0, 0.05) is 18.7 Å². The Labute approximate surface area is 145 Å². The molecule has 7 heteroatoms. The number of rotatable bonds is 4. The summed E-state index contributed by atoms with van der Waals surface area (Å²) in [5, 5.41) is 12.3. The molecule has 134 valence electrons. The van der Waals surface area contributed by atoms with Crippen LogP contribution in [0.15, 0.2) is 12.1 Å². The van der Waals surface area contributed by atoms with Crippen LogP contribution in [-0.2, 0) is 16.0 Å². The van der Waals surface area contributed by atoms with Crippen molar-refractivity contribution in [3.8, 4) is 0 Å². The monoisotopic (exact) mass is 348 g/mol. The molecule has 0 aliphatic carbocycles. The minimum atomic E-state index is -1.26. The molecule has 2 aliphatic rings. The number of amides is 2. The van der Waals surface area contributed by atoms with Gasteiger partial charge in [-0.15, -0.1) is 0 Å². The first-order valence-electron chi connectivity index (χ1n) is 8.56. The van der Waals surface area contributed by atoms with E-state index >= 15 is 0 Å². The zero-order valence-corrected chi connectivity index (χ0v) is 14.1. The van der Waals surface area contributed by atoms with Gasteiger partial charge in [-0.1, -0.05) is 13.3 Å². The number of benzene rings is 1. The van der Waals surface area contributed by atoms with E-state index in [9.17, 15) is 23.9 Å². The largest absolute Gasteiger partial charge is 0.479 e. The smallest absolute Gasteiger partial charge is 0.329 e. The van der Waals surface area contributed by atoms with Crippen molar-refractivity contribution in [3.05, 3.63) is 29.1 Å². The molecule has 0 spiro atoms. The molecule has 1 aromatic carbocycles. The molecule has 0 bridgehead atoms. The average molecular weight is 348 g/mol. The highest BCUT2D eigenvalue weighted by Crippen LogP contribution is 2.36. The van der Waals surface area contributed by atoms with Gasteiger partial charge in [-0.2, -0.15) is 0 Å². The van der Waals surface area contributed by atoms with Crippen molar-refractivity contribution < 1.29 is 23.9 Å². The summed E-state index contributed by atoms with van der Waals surface area (Å²) in [7, 11) is 0. The Kier molecular flexibility index (Phi) is 4.49. The Morgan fingerprint density at radius 1 is 1.36 bits per heavy atom. The van der Waals surface area contributed by atoms with E-state index in [1.807, 2.05) is 6.92 Å². The standard InChI is InChI=1S/C18H21FN2O4/c1-2-6-18(17(24)25)7-3-8-21(18)16(23)12-9-11-4-5-15(22)20-14(11)10-13(12)19/h9-10H,2-8H2,1H3,(H,20,22)(H,24,25). The molecule has 0 radical (unpaired) electrons. The van der Waals surface area contributed by atoms with Gasteiger partial charge in [0.05, 0.1) is 5.56 Å². The number of halogens is 1. The maximum absolute atomic E-state index is 14.5. The van der Waals surface area contributed by atoms with Gasteiger partial charge in [0.2, 0.25) is 5.91 Å². The van der Waals surface area contributed by atoms with Crippen LogP contribution in [0.4, 0.5) is 10.1 Å². The fourth-order valence-electron chi connectivity index (χ4n) is 3.89. The number of aliphatic carboxylic acids is 1. The van der Waals surface area contributed by atoms with Gasteiger partial charge in [0.25, 0.3) is 5.91 Å². The van der Waals surface area contributed by atoms with Gasteiger partial charge in [-0.05, 0) is 43.4 Å². The number of nitrogens with one attached hydrogen (secondary N) is 1. The van der Waals surface area contributed by atoms with E-state index in [2.05, 4.69) is 5.32 Å². The highest BCUT2D eigenvalue weighted by molar-refractivity contribution is 6.00. The van der Waals surface area contributed by atoms with Crippen molar-refractivity contribution in [3.63, 3.8) is 0 Å². The van der Waals surface area contributed by atoms with E-state index in [1.165, 1.54) is 11.0 Å². The molecule has 2 amide bonds. The minimum Gasteiger partial charge on any atom is -0.479 e. The van der Waals surface area contributed by atoms with E-state index in [-0.39, 0.29) is 17.9 Å². The lowest BCUT2D eigenvalue weighted by Gasteiger charge is -2.35. The average Bonchev–Trinajstić information content (AvgIpc) is 2.99. The summed E-state index contributed by atoms with van der Waals surface area (Å²) in [5.74, 6) is -2.55. The summed E-state index contributed by atoms with van der Waals surface area (Å²) >= 11 is 0. The van der Waals surface area contributed by atoms with Crippen LogP contribution in [0, 0.1) is 5.82 Å². The molecule has 1 atom stereocenters. The van der Waals surface area contributed by atoms with Crippen LogP contribution in [0.25, 0.3) is 0 Å². The summed E-state index contributed by atoms with van der Waals surface area (Å²) in [6.07, 6.45) is 2.64. The third kappa shape index (κ3) is 2.88. The number of carboxylic acid groups (broad SMARTS) is 1. The fourth-order valence-corrected chi connectivity index (χ4v) is 3.89. The van der Waals surface area contributed by atoms with Gasteiger partial charge in [0.15, 0.2) is 0 Å². The first kappa shape index (κ1) is 17.4. The number of anilines is 1. The number of likely N-dealkylation sites (tertiary alicyclic amines) is 1. The fraction of sp³-hybridized carbons (Fsp3) is 0.500. The van der Waals surface area contributed by atoms with Gasteiger partial charge < -0.3 is 15.3 Å². The molecule has 0 aromatic heterocycles. The maximum Gasteiger partial charge on any atom is 0.329 e. The molecule has 3 rings (SSSR count). The van der Waals surface area contributed by atoms with Crippen molar-refractivity contribution in [2.75, 3.05) is 11.9 Å². The number of hydrogen-bond donors (Lipinski definition) is 2. The zero-order chi connectivity index (χ0) is 18.2. The second kappa shape index (κ2) is 6.46. The summed E-state index contributed by atoms with van der Waals surface area (Å²) < 4.78 is 14.5. The Morgan fingerprint density at radius 2 is 2.12 bits per heavy atom. The predicted octanol–water partition coefficient (Wildman–Crippen LogP) is 2.57. The zero-order valence-electron chi connectivity index (χ0n) is 14.1. The van der Waals surface area contributed by atoms with Crippen molar-refractivity contribution in [2.45, 2.75) is 51.0 Å². The quantitative estimate of drug-likeness (QED) is 0.875. The number of hydrogen-bond acceptors (Lipinski definition) is 3. The van der Waals surface area contributed by atoms with Gasteiger partial charge >= 0.3 is 5.97 Å². The van der Waals surface area contributed by atoms with Crippen molar-refractivity contribution in [2.24, 2.45) is 0 Å². The van der Waals surface area contributed by atoms with Crippen molar-refractivity contribution in [1.82, 2.24) is 4.90 Å². The molecule has 2 N–H and O–H groups in total. The second-order valence-corrected chi connectivity index (χ2v) is 6.68. The molecular weight excluding hydrogens is 327 g/mol. The first-order chi connectivity index (χ1) is 11.9. The summed E-state index contributed by atoms with van der Waals surface area (Å²) in [6.45, 7) is 2.17. The maximum atomic E-state index is 14.5. The van der Waals surface area contributed by atoms with Crippen LogP contribution in [0.5, 0.6) is 0 Å². The second-order valence-electron chi connectivity index (χ2n) is 6.68. The SMILES string of the molecule is CCCC1(C(=O)O)CCCN1C(=O)c1cc2c(cc1F)NC(=O)CC2. The molecule has 1 unspecified atom stereocenters. The topological polar surface area (TPSA) is 86.7 Å². The Balaban J connectivity index is 1.98. The number of carbonyl (C=O) groups is 3. The molecule has 6 nitrogen and oxygen atoms in total. The number of aryl methyl sites for hydroxylation is 1. The minimum absolute atomic E-state index is 0.126. The van der Waals surface area contributed by atoms with E-state index in [1.54, 1.807) is 0 Å². The van der Waals surface area contributed by atoms with Crippen LogP contribution in [0.3, 0.4) is 0 Å². The van der Waals surface area contributed by atoms with E-state index in [0.717, 1.165) is 6.07 Å². The molecule has 1 fully saturated rings. The third-order valence-corrected chi connectivity index (χ3v) is 5.11. The van der Waals surface area contributed by atoms with Crippen LogP contribution in [0.2, 0.25) is 0 Å². The number of carboxylic acids is 1. The van der Waals surface area contributed by atoms with Crippen LogP contribution in [-0.4, -0.2) is 39.9 Å². The van der Waals surface area contributed by atoms with Crippen LogP contribution >= 0.6 is 0 Å². The molecule has 2 heterocycles. The normalized spacial score (nSPS) is 22.5. The lowest BCUT2D eigenvalue weighted by molar-refractivity contribution is -0.148. The Hall–Kier alpha value is -2.44. The molecule has 25 heavy (non-hydrogen) atoms. The highest BCUT2D eigenvalue weighted by Gasteiger charge is 2.49. The first-order valence-corrected chi connectivity index (χ1v) is 8.56. The Bertz CT molecular complexity index is 749. The molecule has 2 aliphatic heterocycles. The lowest BCUT2D eigenvalue weighted by atomic mass is 9.90. The lowest BCUT2D eigenvalue weighted by Crippen LogP contribution is -2.53. The summed E-state index contributed by atoms with van der Waals surface area (Å²) in [5.41, 5.74) is -0.314. The number of carbonyl (C=O) groups excluding carboxylic acids is 2. The number of nitrogens with zero attached hydrogens (tertiary/aromatic N) is 1. The van der Waals surface area contributed by atoms with E-state index in [0.29, 0.717) is 49.9 Å². The Morgan fingerprint density at radius 3 is 2.80 bits per heavy atom. The molecule has 1 saturated heterocycles. The number of fused-ring (bicyclic) bond motifs is 1. The van der Waals surface area contributed by atoms with Crippen LogP contribution < -0.4 is 5.32 Å². The molecule has 1 aromatic rings. The highest BCUT2D eigenvalue weighted by atomic mass is 19.1. The van der Waals surface area contributed by atoms with E-state index < -0.39 is 23.2 Å². The van der Waals surface area contributed by atoms with Gasteiger partial charge in [0.1, 0.15) is 11.4 Å². The third-order valence-electron chi connectivity index (χ3n) is 5.11. The van der Waals surface area contributed by atoms with Crippen molar-refractivity contribution in [1.29, 1.82) is 0 Å². The molecule has 0 saturated carbocycles. The predicted molar refractivity (Wildman–Crippen MR) is 88.9 cm³/mol.